The van der Waals surface area contributed by atoms with Gasteiger partial charge in [0.2, 0.25) is 0 Å². The molecular weight excluding hydrogens is 659 g/mol. The van der Waals surface area contributed by atoms with Crippen LogP contribution in [0.3, 0.4) is 0 Å². The van der Waals surface area contributed by atoms with Crippen LogP contribution >= 0.6 is 0 Å². The van der Waals surface area contributed by atoms with Crippen molar-refractivity contribution < 1.29 is 0 Å². The predicted octanol–water partition coefficient (Wildman–Crippen LogP) is 12.1. The van der Waals surface area contributed by atoms with Gasteiger partial charge in [-0.25, -0.2) is 15.0 Å². The maximum Gasteiger partial charge on any atom is 0.145 e. The van der Waals surface area contributed by atoms with Gasteiger partial charge in [-0.15, -0.1) is 0 Å². The van der Waals surface area contributed by atoms with E-state index in [1.807, 2.05) is 36.5 Å². The van der Waals surface area contributed by atoms with E-state index in [1.165, 1.54) is 0 Å². The maximum absolute atomic E-state index is 5.40. The predicted molar refractivity (Wildman–Crippen MR) is 221 cm³/mol. The first-order chi connectivity index (χ1) is 26.8. The SMILES string of the molecule is c1ccc(-c2nc3ccccc3c3nc(-c4ccc(-c5ccc(-n6c(-c7ccccc7)cnc6-c6ccccc6)cc5)cc4)n(-c4ccccc4)c23)cc1. The van der Waals surface area contributed by atoms with Gasteiger partial charge in [-0.1, -0.05) is 164 Å². The van der Waals surface area contributed by atoms with E-state index in [0.717, 1.165) is 89.7 Å². The smallest absolute Gasteiger partial charge is 0.145 e. The summed E-state index contributed by atoms with van der Waals surface area (Å²) in [5.74, 6) is 1.78. The van der Waals surface area contributed by atoms with Crippen molar-refractivity contribution in [1.82, 2.24) is 24.1 Å². The molecule has 0 saturated heterocycles. The molecule has 5 nitrogen and oxygen atoms in total. The summed E-state index contributed by atoms with van der Waals surface area (Å²) in [6.45, 7) is 0. The number of para-hydroxylation sites is 2. The summed E-state index contributed by atoms with van der Waals surface area (Å²) in [6.07, 6.45) is 1.97. The van der Waals surface area contributed by atoms with Crippen LogP contribution in [0, 0.1) is 0 Å². The molecule has 5 heteroatoms. The summed E-state index contributed by atoms with van der Waals surface area (Å²) in [4.78, 5) is 15.5. The van der Waals surface area contributed by atoms with Gasteiger partial charge in [-0.2, -0.15) is 0 Å². The Morgan fingerprint density at radius 1 is 0.352 bits per heavy atom. The van der Waals surface area contributed by atoms with Gasteiger partial charge in [-0.3, -0.25) is 9.13 Å². The molecule has 0 radical (unpaired) electrons. The third-order valence-corrected chi connectivity index (χ3v) is 10.0. The number of pyridine rings is 1. The highest BCUT2D eigenvalue weighted by atomic mass is 15.1. The highest BCUT2D eigenvalue weighted by Gasteiger charge is 2.22. The van der Waals surface area contributed by atoms with Gasteiger partial charge in [-0.05, 0) is 41.5 Å². The van der Waals surface area contributed by atoms with Crippen LogP contribution < -0.4 is 0 Å². The van der Waals surface area contributed by atoms with E-state index in [0.29, 0.717) is 0 Å². The van der Waals surface area contributed by atoms with Crippen LogP contribution in [0.15, 0.2) is 200 Å². The van der Waals surface area contributed by atoms with Crippen LogP contribution in [-0.4, -0.2) is 24.1 Å². The molecule has 7 aromatic carbocycles. The van der Waals surface area contributed by atoms with Crippen molar-refractivity contribution >= 4 is 21.9 Å². The molecule has 3 heterocycles. The van der Waals surface area contributed by atoms with Crippen molar-refractivity contribution in [2.75, 3.05) is 0 Å². The lowest BCUT2D eigenvalue weighted by Crippen LogP contribution is -2.00. The van der Waals surface area contributed by atoms with Crippen LogP contribution in [0.5, 0.6) is 0 Å². The van der Waals surface area contributed by atoms with E-state index < -0.39 is 0 Å². The molecule has 0 saturated carbocycles. The van der Waals surface area contributed by atoms with Crippen molar-refractivity contribution in [3.8, 4) is 67.8 Å². The van der Waals surface area contributed by atoms with Gasteiger partial charge in [0.1, 0.15) is 22.7 Å². The highest BCUT2D eigenvalue weighted by molar-refractivity contribution is 6.09. The maximum atomic E-state index is 5.40. The third kappa shape index (κ3) is 5.47. The van der Waals surface area contributed by atoms with Crippen molar-refractivity contribution in [3.63, 3.8) is 0 Å². The Bertz CT molecular complexity index is 2820. The number of benzene rings is 7. The fourth-order valence-corrected chi connectivity index (χ4v) is 7.42. The summed E-state index contributed by atoms with van der Waals surface area (Å²) in [5, 5.41) is 1.03. The van der Waals surface area contributed by atoms with Gasteiger partial charge in [0, 0.05) is 39.0 Å². The van der Waals surface area contributed by atoms with E-state index in [9.17, 15) is 0 Å². The Labute approximate surface area is 313 Å². The van der Waals surface area contributed by atoms with Gasteiger partial charge >= 0.3 is 0 Å². The molecular formula is C49H33N5. The van der Waals surface area contributed by atoms with E-state index in [4.69, 9.17) is 15.0 Å². The number of rotatable bonds is 7. The second-order valence-electron chi connectivity index (χ2n) is 13.3. The van der Waals surface area contributed by atoms with Crippen LogP contribution in [0.4, 0.5) is 0 Å². The fourth-order valence-electron chi connectivity index (χ4n) is 7.42. The van der Waals surface area contributed by atoms with E-state index in [2.05, 4.69) is 173 Å². The van der Waals surface area contributed by atoms with Crippen molar-refractivity contribution in [2.45, 2.75) is 0 Å². The number of hydrogen-bond donors (Lipinski definition) is 0. The van der Waals surface area contributed by atoms with Gasteiger partial charge in [0.05, 0.1) is 23.1 Å². The first kappa shape index (κ1) is 31.4. The topological polar surface area (TPSA) is 48.5 Å². The summed E-state index contributed by atoms with van der Waals surface area (Å²) in [5.41, 5.74) is 13.4. The molecule has 0 bridgehead atoms. The zero-order valence-corrected chi connectivity index (χ0v) is 29.3. The van der Waals surface area contributed by atoms with Crippen molar-refractivity contribution in [3.05, 3.63) is 200 Å². The number of imidazole rings is 2. The lowest BCUT2D eigenvalue weighted by molar-refractivity contribution is 1.07. The summed E-state index contributed by atoms with van der Waals surface area (Å²) < 4.78 is 4.51. The van der Waals surface area contributed by atoms with Crippen molar-refractivity contribution in [1.29, 1.82) is 0 Å². The number of nitrogens with zero attached hydrogens (tertiary/aromatic N) is 5. The minimum atomic E-state index is 0.871. The summed E-state index contributed by atoms with van der Waals surface area (Å²) in [6, 6.07) is 67.4. The lowest BCUT2D eigenvalue weighted by atomic mass is 10.0. The minimum Gasteiger partial charge on any atom is -0.292 e. The second kappa shape index (κ2) is 13.3. The zero-order valence-electron chi connectivity index (χ0n) is 29.3. The van der Waals surface area contributed by atoms with Gasteiger partial charge in [0.25, 0.3) is 0 Å². The van der Waals surface area contributed by atoms with Crippen LogP contribution in [0.25, 0.3) is 89.7 Å². The molecule has 0 amide bonds. The first-order valence-corrected chi connectivity index (χ1v) is 18.1. The Hall–Kier alpha value is -7.37. The molecule has 0 spiro atoms. The zero-order chi connectivity index (χ0) is 35.8. The highest BCUT2D eigenvalue weighted by Crippen LogP contribution is 2.38. The molecule has 54 heavy (non-hydrogen) atoms. The number of hydrogen-bond acceptors (Lipinski definition) is 3. The average Bonchev–Trinajstić information content (AvgIpc) is 3.89. The molecule has 0 aliphatic carbocycles. The number of aromatic nitrogens is 5. The Kier molecular flexibility index (Phi) is 7.73. The van der Waals surface area contributed by atoms with Crippen molar-refractivity contribution in [2.24, 2.45) is 0 Å². The number of fused-ring (bicyclic) bond motifs is 3. The average molecular weight is 692 g/mol. The second-order valence-corrected chi connectivity index (χ2v) is 13.3. The van der Waals surface area contributed by atoms with Crippen LogP contribution in [-0.2, 0) is 0 Å². The standard InChI is InChI=1S/C49H33N5/c1-5-15-36(16-6-1)44-33-50-48(38-19-9-3-10-20-38)53(44)41-31-29-35(30-32-41)34-25-27-39(28-26-34)49-52-46-42-23-13-14-24-43(42)51-45(37-17-7-2-8-18-37)47(46)54(49)40-21-11-4-12-22-40/h1-33H. The molecule has 254 valence electrons. The summed E-state index contributed by atoms with van der Waals surface area (Å²) >= 11 is 0. The lowest BCUT2D eigenvalue weighted by Gasteiger charge is -2.14. The molecule has 0 aliphatic rings. The molecule has 0 unspecified atom stereocenters. The fraction of sp³-hybridized carbons (Fsp3) is 0. The third-order valence-electron chi connectivity index (χ3n) is 10.0. The summed E-state index contributed by atoms with van der Waals surface area (Å²) in [7, 11) is 0. The first-order valence-electron chi connectivity index (χ1n) is 18.1. The van der Waals surface area contributed by atoms with Crippen LogP contribution in [0.2, 0.25) is 0 Å². The monoisotopic (exact) mass is 691 g/mol. The van der Waals surface area contributed by atoms with Gasteiger partial charge < -0.3 is 0 Å². The molecule has 0 aliphatic heterocycles. The Balaban J connectivity index is 1.07. The van der Waals surface area contributed by atoms with Crippen LogP contribution in [0.1, 0.15) is 0 Å². The quantitative estimate of drug-likeness (QED) is 0.167. The van der Waals surface area contributed by atoms with E-state index >= 15 is 0 Å². The molecule has 0 atom stereocenters. The molecule has 0 fully saturated rings. The molecule has 3 aromatic heterocycles. The van der Waals surface area contributed by atoms with E-state index in [-0.39, 0.29) is 0 Å². The normalized spacial score (nSPS) is 11.3. The largest absolute Gasteiger partial charge is 0.292 e. The Morgan fingerprint density at radius 3 is 1.52 bits per heavy atom. The molecule has 10 aromatic rings. The van der Waals surface area contributed by atoms with Gasteiger partial charge in [0.15, 0.2) is 0 Å². The molecule has 0 N–H and O–H groups in total. The Morgan fingerprint density at radius 2 is 0.852 bits per heavy atom. The minimum absolute atomic E-state index is 0.871. The molecule has 10 rings (SSSR count). The van der Waals surface area contributed by atoms with E-state index in [1.54, 1.807) is 0 Å².